The molecule has 4 nitrogen and oxygen atoms in total. The van der Waals surface area contributed by atoms with Crippen LogP contribution in [0.1, 0.15) is 52.9 Å². The predicted octanol–water partition coefficient (Wildman–Crippen LogP) is 2.52. The van der Waals surface area contributed by atoms with E-state index in [4.69, 9.17) is 9.84 Å². The van der Waals surface area contributed by atoms with E-state index in [0.717, 1.165) is 25.8 Å². The summed E-state index contributed by atoms with van der Waals surface area (Å²) >= 11 is 0. The number of rotatable bonds is 6. The first-order chi connectivity index (χ1) is 8.35. The number of carbonyl (C=O) groups is 1. The number of carboxylic acids is 1. The highest BCUT2D eigenvalue weighted by molar-refractivity contribution is 5.67. The molecule has 1 fully saturated rings. The third kappa shape index (κ3) is 4.58. The fourth-order valence-electron chi connectivity index (χ4n) is 2.94. The van der Waals surface area contributed by atoms with Crippen molar-refractivity contribution in [3.63, 3.8) is 0 Å². The smallest absolute Gasteiger partial charge is 0.304 e. The molecule has 0 aliphatic carbocycles. The first-order valence-electron chi connectivity index (χ1n) is 6.88. The van der Waals surface area contributed by atoms with Crippen LogP contribution in [-0.4, -0.2) is 47.3 Å². The monoisotopic (exact) mass is 257 g/mol. The van der Waals surface area contributed by atoms with E-state index in [9.17, 15) is 4.79 Å². The average molecular weight is 257 g/mol. The largest absolute Gasteiger partial charge is 0.481 e. The van der Waals surface area contributed by atoms with E-state index >= 15 is 0 Å². The Hall–Kier alpha value is -0.610. The molecule has 18 heavy (non-hydrogen) atoms. The van der Waals surface area contributed by atoms with Gasteiger partial charge in [0.25, 0.3) is 0 Å². The second kappa shape index (κ2) is 6.53. The second-order valence-corrected chi connectivity index (χ2v) is 6.00. The zero-order chi connectivity index (χ0) is 13.8. The van der Waals surface area contributed by atoms with Crippen LogP contribution in [0.4, 0.5) is 0 Å². The van der Waals surface area contributed by atoms with Crippen LogP contribution in [-0.2, 0) is 9.53 Å². The summed E-state index contributed by atoms with van der Waals surface area (Å²) in [5.41, 5.74) is -0.148. The maximum Gasteiger partial charge on any atom is 0.304 e. The normalized spacial score (nSPS) is 23.9. The summed E-state index contributed by atoms with van der Waals surface area (Å²) in [5.74, 6) is -0.690. The highest BCUT2D eigenvalue weighted by Crippen LogP contribution is 2.26. The van der Waals surface area contributed by atoms with Gasteiger partial charge in [0.15, 0.2) is 0 Å². The third-order valence-electron chi connectivity index (χ3n) is 3.99. The molecule has 0 bridgehead atoms. The molecule has 1 rings (SSSR count). The minimum absolute atomic E-state index is 0.148. The number of hydrogen-bond donors (Lipinski definition) is 1. The number of hydrogen-bond acceptors (Lipinski definition) is 3. The lowest BCUT2D eigenvalue weighted by Gasteiger charge is -2.41. The van der Waals surface area contributed by atoms with Gasteiger partial charge >= 0.3 is 5.97 Å². The molecule has 2 atom stereocenters. The molecular weight excluding hydrogens is 230 g/mol. The van der Waals surface area contributed by atoms with Crippen LogP contribution in [0.25, 0.3) is 0 Å². The van der Waals surface area contributed by atoms with Gasteiger partial charge in [0, 0.05) is 19.2 Å². The van der Waals surface area contributed by atoms with Crippen molar-refractivity contribution in [2.75, 3.05) is 13.7 Å². The first kappa shape index (κ1) is 15.4. The summed E-state index contributed by atoms with van der Waals surface area (Å²) in [4.78, 5) is 13.3. The minimum atomic E-state index is -0.690. The summed E-state index contributed by atoms with van der Waals surface area (Å²) in [6.45, 7) is 7.36. The standard InChI is InChI=1S/C14H27NO3/c1-11(10-14(2,3)18-4)15-8-6-5-7-12(15)9-13(16)17/h11-12H,5-10H2,1-4H3,(H,16,17). The van der Waals surface area contributed by atoms with Crippen molar-refractivity contribution in [2.24, 2.45) is 0 Å². The maximum absolute atomic E-state index is 10.9. The molecule has 0 saturated carbocycles. The molecule has 0 aromatic heterocycles. The van der Waals surface area contributed by atoms with Crippen molar-refractivity contribution in [1.82, 2.24) is 4.90 Å². The van der Waals surface area contributed by atoms with Crippen molar-refractivity contribution in [3.05, 3.63) is 0 Å². The van der Waals surface area contributed by atoms with E-state index in [0.29, 0.717) is 6.04 Å². The van der Waals surface area contributed by atoms with Crippen LogP contribution < -0.4 is 0 Å². The van der Waals surface area contributed by atoms with Crippen molar-refractivity contribution in [1.29, 1.82) is 0 Å². The number of methoxy groups -OCH3 is 1. The highest BCUT2D eigenvalue weighted by atomic mass is 16.5. The molecule has 4 heteroatoms. The molecule has 0 spiro atoms. The molecule has 106 valence electrons. The quantitative estimate of drug-likeness (QED) is 0.794. The van der Waals surface area contributed by atoms with Crippen LogP contribution in [0.2, 0.25) is 0 Å². The second-order valence-electron chi connectivity index (χ2n) is 6.00. The Labute approximate surface area is 110 Å². The average Bonchev–Trinajstić information content (AvgIpc) is 2.28. The van der Waals surface area contributed by atoms with Crippen LogP contribution in [0.5, 0.6) is 0 Å². The first-order valence-corrected chi connectivity index (χ1v) is 6.88. The zero-order valence-corrected chi connectivity index (χ0v) is 12.1. The van der Waals surface area contributed by atoms with Crippen molar-refractivity contribution in [2.45, 2.75) is 70.6 Å². The lowest BCUT2D eigenvalue weighted by molar-refractivity contribution is -0.139. The van der Waals surface area contributed by atoms with Crippen molar-refractivity contribution in [3.8, 4) is 0 Å². The highest BCUT2D eigenvalue weighted by Gasteiger charge is 2.31. The molecular formula is C14H27NO3. The Morgan fingerprint density at radius 2 is 2.17 bits per heavy atom. The minimum Gasteiger partial charge on any atom is -0.481 e. The van der Waals surface area contributed by atoms with Crippen LogP contribution in [0.15, 0.2) is 0 Å². The molecule has 0 aromatic rings. The molecule has 0 radical (unpaired) electrons. The fraction of sp³-hybridized carbons (Fsp3) is 0.929. The Morgan fingerprint density at radius 1 is 1.50 bits per heavy atom. The summed E-state index contributed by atoms with van der Waals surface area (Å²) in [6, 6.07) is 0.559. The van der Waals surface area contributed by atoms with Gasteiger partial charge < -0.3 is 9.84 Å². The van der Waals surface area contributed by atoms with Crippen molar-refractivity contribution < 1.29 is 14.6 Å². The Morgan fingerprint density at radius 3 is 2.72 bits per heavy atom. The Bertz CT molecular complexity index is 278. The van der Waals surface area contributed by atoms with Crippen LogP contribution in [0.3, 0.4) is 0 Å². The topological polar surface area (TPSA) is 49.8 Å². The molecule has 1 aliphatic rings. The van der Waals surface area contributed by atoms with Gasteiger partial charge in [0.1, 0.15) is 0 Å². The van der Waals surface area contributed by atoms with E-state index in [1.54, 1.807) is 7.11 Å². The predicted molar refractivity (Wildman–Crippen MR) is 71.8 cm³/mol. The SMILES string of the molecule is COC(C)(C)CC(C)N1CCCCC1CC(=O)O. The summed E-state index contributed by atoms with van der Waals surface area (Å²) in [6.07, 6.45) is 4.52. The molecule has 1 heterocycles. The molecule has 1 N–H and O–H groups in total. The Balaban J connectivity index is 2.62. The van der Waals surface area contributed by atoms with E-state index in [1.165, 1.54) is 6.42 Å². The number of nitrogens with zero attached hydrogens (tertiary/aromatic N) is 1. The van der Waals surface area contributed by atoms with Crippen LogP contribution >= 0.6 is 0 Å². The summed E-state index contributed by atoms with van der Waals surface area (Å²) in [7, 11) is 1.73. The number of aliphatic carboxylic acids is 1. The van der Waals surface area contributed by atoms with Gasteiger partial charge in [-0.25, -0.2) is 0 Å². The number of likely N-dealkylation sites (tertiary alicyclic amines) is 1. The number of ether oxygens (including phenoxy) is 1. The lowest BCUT2D eigenvalue weighted by Crippen LogP contribution is -2.48. The molecule has 0 amide bonds. The van der Waals surface area contributed by atoms with Gasteiger partial charge in [-0.15, -0.1) is 0 Å². The van der Waals surface area contributed by atoms with Gasteiger partial charge in [0.2, 0.25) is 0 Å². The summed E-state index contributed by atoms with van der Waals surface area (Å²) < 4.78 is 5.47. The lowest BCUT2D eigenvalue weighted by atomic mass is 9.93. The van der Waals surface area contributed by atoms with Gasteiger partial charge in [-0.1, -0.05) is 6.42 Å². The third-order valence-corrected chi connectivity index (χ3v) is 3.99. The molecule has 2 unspecified atom stereocenters. The molecule has 0 aromatic carbocycles. The van der Waals surface area contributed by atoms with Gasteiger partial charge in [0.05, 0.1) is 12.0 Å². The van der Waals surface area contributed by atoms with E-state index in [2.05, 4.69) is 25.7 Å². The number of carboxylic acid groups (broad SMARTS) is 1. The van der Waals surface area contributed by atoms with Crippen LogP contribution in [0, 0.1) is 0 Å². The van der Waals surface area contributed by atoms with E-state index in [-0.39, 0.29) is 18.1 Å². The van der Waals surface area contributed by atoms with Gasteiger partial charge in [-0.05, 0) is 46.6 Å². The molecule has 1 aliphatic heterocycles. The zero-order valence-electron chi connectivity index (χ0n) is 12.1. The van der Waals surface area contributed by atoms with E-state index in [1.807, 2.05) is 0 Å². The molecule has 1 saturated heterocycles. The van der Waals surface area contributed by atoms with Crippen molar-refractivity contribution >= 4 is 5.97 Å². The van der Waals surface area contributed by atoms with E-state index < -0.39 is 5.97 Å². The summed E-state index contributed by atoms with van der Waals surface area (Å²) in [5, 5.41) is 8.99. The Kier molecular flexibility index (Phi) is 5.60. The fourth-order valence-corrected chi connectivity index (χ4v) is 2.94. The van der Waals surface area contributed by atoms with Gasteiger partial charge in [-0.3, -0.25) is 9.69 Å². The number of piperidine rings is 1. The maximum atomic E-state index is 10.9. The van der Waals surface area contributed by atoms with Gasteiger partial charge in [-0.2, -0.15) is 0 Å².